The Morgan fingerprint density at radius 1 is 0.800 bits per heavy atom. The van der Waals surface area contributed by atoms with E-state index in [4.69, 9.17) is 9.98 Å². The number of fused-ring (bicyclic) bond motifs is 2. The molecule has 40 heavy (non-hydrogen) atoms. The smallest absolute Gasteiger partial charge is 0.266 e. The minimum Gasteiger partial charge on any atom is -0.311 e. The Morgan fingerprint density at radius 2 is 1.43 bits per heavy atom. The van der Waals surface area contributed by atoms with Gasteiger partial charge in [-0.25, -0.2) is 9.98 Å². The summed E-state index contributed by atoms with van der Waals surface area (Å²) in [6.45, 7) is 3.69. The highest BCUT2D eigenvalue weighted by Gasteiger charge is 2.47. The summed E-state index contributed by atoms with van der Waals surface area (Å²) in [6, 6.07) is 28.2. The van der Waals surface area contributed by atoms with Crippen LogP contribution >= 0.6 is 11.8 Å². The number of hydrogen-bond acceptors (Lipinski definition) is 7. The van der Waals surface area contributed by atoms with E-state index >= 15 is 0 Å². The van der Waals surface area contributed by atoms with Crippen molar-refractivity contribution in [2.75, 3.05) is 5.01 Å². The molecule has 9 heteroatoms. The number of nitrogens with zero attached hydrogens (tertiary/aromatic N) is 6. The first-order valence-corrected chi connectivity index (χ1v) is 13.8. The zero-order valence-electron chi connectivity index (χ0n) is 21.8. The number of hydrogen-bond donors (Lipinski definition) is 0. The van der Waals surface area contributed by atoms with Crippen LogP contribution < -0.4 is 10.6 Å². The van der Waals surface area contributed by atoms with Crippen LogP contribution in [-0.2, 0) is 4.79 Å². The fourth-order valence-electron chi connectivity index (χ4n) is 5.55. The Kier molecular flexibility index (Phi) is 5.74. The minimum absolute atomic E-state index is 0.141. The third kappa shape index (κ3) is 3.73. The highest BCUT2D eigenvalue weighted by Crippen LogP contribution is 2.47. The van der Waals surface area contributed by atoms with Crippen molar-refractivity contribution in [3.8, 4) is 5.69 Å². The molecule has 0 bridgehead atoms. The molecular formula is C31H24N6O2S. The number of hydrazone groups is 1. The van der Waals surface area contributed by atoms with Gasteiger partial charge in [0.2, 0.25) is 0 Å². The number of carbonyl (C=O) groups is 1. The third-order valence-corrected chi connectivity index (χ3v) is 8.18. The largest absolute Gasteiger partial charge is 0.311 e. The van der Waals surface area contributed by atoms with Crippen LogP contribution in [0.4, 0.5) is 11.5 Å². The van der Waals surface area contributed by atoms with Gasteiger partial charge in [-0.05, 0) is 49.1 Å². The number of aliphatic imine (C=N–C) groups is 1. The first kappa shape index (κ1) is 24.3. The van der Waals surface area contributed by atoms with E-state index < -0.39 is 12.0 Å². The fourth-order valence-corrected chi connectivity index (χ4v) is 6.49. The fraction of sp³-hybridized carbons (Fsp3) is 0.129. The van der Waals surface area contributed by atoms with E-state index in [2.05, 4.69) is 5.10 Å². The number of rotatable bonds is 4. The summed E-state index contributed by atoms with van der Waals surface area (Å²) < 4.78 is 1.63. The van der Waals surface area contributed by atoms with Crippen LogP contribution in [0.5, 0.6) is 0 Å². The highest BCUT2D eigenvalue weighted by molar-refractivity contribution is 8.16. The normalized spacial score (nSPS) is 19.6. The molecule has 3 aliphatic rings. The topological polar surface area (TPSA) is 83.2 Å². The first-order chi connectivity index (χ1) is 19.5. The lowest BCUT2D eigenvalue weighted by Gasteiger charge is -2.36. The molecular weight excluding hydrogens is 520 g/mol. The zero-order chi connectivity index (χ0) is 27.4. The van der Waals surface area contributed by atoms with Crippen molar-refractivity contribution >= 4 is 40.1 Å². The van der Waals surface area contributed by atoms with Crippen LogP contribution in [-0.4, -0.2) is 31.2 Å². The van der Waals surface area contributed by atoms with Gasteiger partial charge in [0.25, 0.3) is 11.5 Å². The summed E-state index contributed by atoms with van der Waals surface area (Å²) >= 11 is 1.44. The summed E-state index contributed by atoms with van der Waals surface area (Å²) in [7, 11) is 0. The van der Waals surface area contributed by atoms with Gasteiger partial charge in [0.15, 0.2) is 11.0 Å². The standard InChI is InChI=1S/C31H24N6O2S/c1-19-25(30(39)37(34-19)23-16-10-5-11-17-23)24-18-40-31-33-28-26(27(36(24)31)21-12-6-3-7-13-21)29(38)35(20(2)32-28)22-14-8-4-9-15-22/h3-18,25,27H,1-2H3. The first-order valence-electron chi connectivity index (χ1n) is 13.0. The van der Waals surface area contributed by atoms with Gasteiger partial charge < -0.3 is 4.90 Å². The van der Waals surface area contributed by atoms with Crippen molar-refractivity contribution in [1.29, 1.82) is 0 Å². The average Bonchev–Trinajstić information content (AvgIpc) is 3.52. The molecule has 2 atom stereocenters. The van der Waals surface area contributed by atoms with E-state index in [1.165, 1.54) is 16.8 Å². The van der Waals surface area contributed by atoms with Crippen molar-refractivity contribution in [3.05, 3.63) is 129 Å². The van der Waals surface area contributed by atoms with Gasteiger partial charge in [0, 0.05) is 5.70 Å². The lowest BCUT2D eigenvalue weighted by molar-refractivity contribution is -0.119. The molecule has 3 aromatic carbocycles. The molecule has 4 aromatic rings. The molecule has 0 N–H and O–H groups in total. The third-order valence-electron chi connectivity index (χ3n) is 7.33. The summed E-state index contributed by atoms with van der Waals surface area (Å²) in [6.07, 6.45) is 0. The second-order valence-corrected chi connectivity index (χ2v) is 10.6. The monoisotopic (exact) mass is 544 g/mol. The van der Waals surface area contributed by atoms with Crippen molar-refractivity contribution < 1.29 is 4.79 Å². The summed E-state index contributed by atoms with van der Waals surface area (Å²) in [5.41, 5.74) is 4.08. The van der Waals surface area contributed by atoms with Gasteiger partial charge in [-0.3, -0.25) is 14.2 Å². The second kappa shape index (κ2) is 9.46. The molecule has 0 radical (unpaired) electrons. The van der Waals surface area contributed by atoms with E-state index in [1.807, 2.05) is 115 Å². The quantitative estimate of drug-likeness (QED) is 0.336. The van der Waals surface area contributed by atoms with Gasteiger partial charge in [-0.15, -0.1) is 0 Å². The molecule has 196 valence electrons. The molecule has 0 saturated carbocycles. The SMILES string of the molecule is CC1=NN(c2ccccc2)C(=O)C1C1=CSC2=Nc3nc(C)n(-c4ccccc4)c(=O)c3C(c3ccccc3)N12. The summed E-state index contributed by atoms with van der Waals surface area (Å²) in [4.78, 5) is 39.8. The summed E-state index contributed by atoms with van der Waals surface area (Å²) in [5.74, 6) is 0.218. The number of amidine groups is 1. The molecule has 3 aliphatic heterocycles. The van der Waals surface area contributed by atoms with Crippen LogP contribution in [0.15, 0.2) is 117 Å². The number of carbonyl (C=O) groups excluding carboxylic acids is 1. The number of anilines is 1. The van der Waals surface area contributed by atoms with Crippen molar-refractivity contribution in [2.24, 2.45) is 16.0 Å². The lowest BCUT2D eigenvalue weighted by atomic mass is 9.93. The predicted octanol–water partition coefficient (Wildman–Crippen LogP) is 5.56. The van der Waals surface area contributed by atoms with E-state index in [-0.39, 0.29) is 11.5 Å². The van der Waals surface area contributed by atoms with Crippen LogP contribution in [0.25, 0.3) is 5.69 Å². The lowest BCUT2D eigenvalue weighted by Crippen LogP contribution is -2.42. The number of para-hydroxylation sites is 2. The Morgan fingerprint density at radius 3 is 2.10 bits per heavy atom. The van der Waals surface area contributed by atoms with Crippen molar-refractivity contribution in [2.45, 2.75) is 19.9 Å². The molecule has 0 fully saturated rings. The highest BCUT2D eigenvalue weighted by atomic mass is 32.2. The summed E-state index contributed by atoms with van der Waals surface area (Å²) in [5, 5.41) is 8.73. The van der Waals surface area contributed by atoms with Gasteiger partial charge >= 0.3 is 0 Å². The zero-order valence-corrected chi connectivity index (χ0v) is 22.6. The van der Waals surface area contributed by atoms with Gasteiger partial charge in [0.1, 0.15) is 11.7 Å². The Labute approximate surface area is 235 Å². The average molecular weight is 545 g/mol. The Balaban J connectivity index is 1.39. The number of amides is 1. The van der Waals surface area contributed by atoms with E-state index in [1.54, 1.807) is 4.57 Å². The van der Waals surface area contributed by atoms with Crippen LogP contribution in [0, 0.1) is 12.8 Å². The number of aryl methyl sites for hydroxylation is 1. The van der Waals surface area contributed by atoms with Gasteiger partial charge in [0.05, 0.1) is 28.7 Å². The van der Waals surface area contributed by atoms with Crippen molar-refractivity contribution in [1.82, 2.24) is 14.5 Å². The molecule has 0 spiro atoms. The predicted molar refractivity (Wildman–Crippen MR) is 158 cm³/mol. The van der Waals surface area contributed by atoms with Crippen LogP contribution in [0.3, 0.4) is 0 Å². The number of aromatic nitrogens is 2. The molecule has 1 aromatic heterocycles. The Hall–Kier alpha value is -4.76. The minimum atomic E-state index is -0.608. The Bertz CT molecular complexity index is 1800. The maximum Gasteiger partial charge on any atom is 0.266 e. The number of benzene rings is 3. The molecule has 0 aliphatic carbocycles. The molecule has 7 rings (SSSR count). The molecule has 8 nitrogen and oxygen atoms in total. The van der Waals surface area contributed by atoms with Gasteiger partial charge in [-0.1, -0.05) is 78.5 Å². The maximum atomic E-state index is 14.3. The van der Waals surface area contributed by atoms with Crippen LogP contribution in [0.1, 0.15) is 29.9 Å². The van der Waals surface area contributed by atoms with E-state index in [9.17, 15) is 9.59 Å². The van der Waals surface area contributed by atoms with Crippen molar-refractivity contribution in [3.63, 3.8) is 0 Å². The molecule has 0 saturated heterocycles. The number of thioether (sulfide) groups is 1. The molecule has 2 unspecified atom stereocenters. The molecule has 4 heterocycles. The maximum absolute atomic E-state index is 14.3. The molecule has 1 amide bonds. The van der Waals surface area contributed by atoms with Crippen LogP contribution in [0.2, 0.25) is 0 Å². The van der Waals surface area contributed by atoms with E-state index in [0.717, 1.165) is 16.9 Å². The van der Waals surface area contributed by atoms with E-state index in [0.29, 0.717) is 33.8 Å². The second-order valence-electron chi connectivity index (χ2n) is 9.77. The van der Waals surface area contributed by atoms with Gasteiger partial charge in [-0.2, -0.15) is 10.1 Å².